The topological polar surface area (TPSA) is 65.0 Å². The van der Waals surface area contributed by atoms with Gasteiger partial charge in [-0.3, -0.25) is 0 Å². The molecule has 0 spiro atoms. The molecule has 1 aromatic rings. The maximum Gasteiger partial charge on any atom is 0.417 e. The van der Waals surface area contributed by atoms with Crippen LogP contribution in [0, 0.1) is 11.7 Å². The zero-order chi connectivity index (χ0) is 24.9. The monoisotopic (exact) mass is 480 g/mol. The van der Waals surface area contributed by atoms with Crippen LogP contribution in [0.3, 0.4) is 0 Å². The Morgan fingerprint density at radius 3 is 2.25 bits per heavy atom. The van der Waals surface area contributed by atoms with E-state index in [0.29, 0.717) is 0 Å². The van der Waals surface area contributed by atoms with E-state index < -0.39 is 49.8 Å². The molecule has 1 heterocycles. The van der Waals surface area contributed by atoms with Crippen LogP contribution in [0.25, 0.3) is 0 Å². The lowest BCUT2D eigenvalue weighted by Gasteiger charge is -2.36. The minimum Gasteiger partial charge on any atom is -0.496 e. The third-order valence-corrected chi connectivity index (χ3v) is 11.6. The number of hydrogen-bond acceptors (Lipinski definition) is 4. The smallest absolute Gasteiger partial charge is 0.417 e. The SMILES string of the molecule is COc1c(C2C(C(=O)O)OC(C)(C(F)(F)F)C2C)ccc(F)c1CO[Si](C)(C)C(C)(C)C. The second-order valence-corrected chi connectivity index (χ2v) is 14.8. The molecule has 1 saturated heterocycles. The molecular formula is C22H32F4O5Si. The number of methoxy groups -OCH3 is 1. The van der Waals surface area contributed by atoms with Gasteiger partial charge >= 0.3 is 12.1 Å². The van der Waals surface area contributed by atoms with Crippen molar-refractivity contribution in [3.8, 4) is 5.75 Å². The summed E-state index contributed by atoms with van der Waals surface area (Å²) in [6.07, 6.45) is -6.57. The molecule has 182 valence electrons. The van der Waals surface area contributed by atoms with Crippen molar-refractivity contribution in [1.82, 2.24) is 0 Å². The maximum atomic E-state index is 14.8. The van der Waals surface area contributed by atoms with Gasteiger partial charge < -0.3 is 19.0 Å². The minimum absolute atomic E-state index is 0.0122. The van der Waals surface area contributed by atoms with Gasteiger partial charge in [-0.1, -0.05) is 33.8 Å². The summed E-state index contributed by atoms with van der Waals surface area (Å²) in [6.45, 7) is 12.0. The lowest BCUT2D eigenvalue weighted by Crippen LogP contribution is -2.47. The quantitative estimate of drug-likeness (QED) is 0.407. The van der Waals surface area contributed by atoms with E-state index in [4.69, 9.17) is 13.9 Å². The fraction of sp³-hybridized carbons (Fsp3) is 0.682. The van der Waals surface area contributed by atoms with Crippen LogP contribution in [-0.2, 0) is 20.6 Å². The number of benzene rings is 1. The number of rotatable bonds is 6. The summed E-state index contributed by atoms with van der Waals surface area (Å²) in [6, 6.07) is 2.38. The average molecular weight is 481 g/mol. The van der Waals surface area contributed by atoms with E-state index in [1.54, 1.807) is 0 Å². The van der Waals surface area contributed by atoms with Gasteiger partial charge in [-0.2, -0.15) is 13.2 Å². The fourth-order valence-corrected chi connectivity index (χ4v) is 4.68. The van der Waals surface area contributed by atoms with Crippen LogP contribution in [-0.4, -0.2) is 44.4 Å². The summed E-state index contributed by atoms with van der Waals surface area (Å²) in [5.74, 6) is -4.65. The number of hydrogen-bond donors (Lipinski definition) is 1. The standard InChI is InChI=1S/C22H32F4O5Si/c1-12-16(18(19(27)28)31-21(12,5)22(24,25)26)13-9-10-15(23)14(17(13)29-6)11-30-32(7,8)20(2,3)4/h9-10,12,16,18H,11H2,1-8H3,(H,27,28). The first-order chi connectivity index (χ1) is 14.4. The highest BCUT2D eigenvalue weighted by Gasteiger charge is 2.66. The number of carboxylic acid groups (broad SMARTS) is 1. The molecule has 1 fully saturated rings. The van der Waals surface area contributed by atoms with Crippen molar-refractivity contribution in [2.45, 2.75) is 83.2 Å². The third kappa shape index (κ3) is 4.54. The van der Waals surface area contributed by atoms with Gasteiger partial charge in [0, 0.05) is 17.4 Å². The highest BCUT2D eigenvalue weighted by atomic mass is 28.4. The van der Waals surface area contributed by atoms with Gasteiger partial charge in [0.1, 0.15) is 11.6 Å². The van der Waals surface area contributed by atoms with Crippen molar-refractivity contribution in [1.29, 1.82) is 0 Å². The Hall–Kier alpha value is -1.65. The molecule has 1 aliphatic rings. The molecule has 0 aliphatic carbocycles. The van der Waals surface area contributed by atoms with Crippen molar-refractivity contribution in [2.24, 2.45) is 5.92 Å². The highest BCUT2D eigenvalue weighted by Crippen LogP contribution is 2.55. The number of halogens is 4. The summed E-state index contributed by atoms with van der Waals surface area (Å²) >= 11 is 0. The summed E-state index contributed by atoms with van der Waals surface area (Å²) < 4.78 is 72.8. The lowest BCUT2D eigenvalue weighted by molar-refractivity contribution is -0.273. The second kappa shape index (κ2) is 8.61. The van der Waals surface area contributed by atoms with Gasteiger partial charge in [-0.15, -0.1) is 0 Å². The van der Waals surface area contributed by atoms with Gasteiger partial charge in [0.05, 0.1) is 19.3 Å². The van der Waals surface area contributed by atoms with Crippen LogP contribution in [0.5, 0.6) is 5.75 Å². The number of carbonyl (C=O) groups is 1. The van der Waals surface area contributed by atoms with Crippen LogP contribution in [0.2, 0.25) is 18.1 Å². The van der Waals surface area contributed by atoms with Crippen LogP contribution in [0.15, 0.2) is 12.1 Å². The predicted molar refractivity (Wildman–Crippen MR) is 114 cm³/mol. The van der Waals surface area contributed by atoms with E-state index in [1.807, 2.05) is 33.9 Å². The molecule has 1 aliphatic heterocycles. The molecule has 10 heteroatoms. The van der Waals surface area contributed by atoms with Gasteiger partial charge in [0.2, 0.25) is 0 Å². The number of aliphatic carboxylic acids is 1. The normalized spacial score (nSPS) is 26.9. The lowest BCUT2D eigenvalue weighted by atomic mass is 9.76. The molecule has 0 aromatic heterocycles. The summed E-state index contributed by atoms with van der Waals surface area (Å²) in [4.78, 5) is 11.8. The molecule has 2 rings (SSSR count). The molecule has 1 N–H and O–H groups in total. The summed E-state index contributed by atoms with van der Waals surface area (Å²) in [7, 11) is -1.01. The van der Waals surface area contributed by atoms with Crippen molar-refractivity contribution >= 4 is 14.3 Å². The van der Waals surface area contributed by atoms with Crippen LogP contribution >= 0.6 is 0 Å². The van der Waals surface area contributed by atoms with Crippen LogP contribution in [0.4, 0.5) is 17.6 Å². The Morgan fingerprint density at radius 2 is 1.81 bits per heavy atom. The molecule has 32 heavy (non-hydrogen) atoms. The van der Waals surface area contributed by atoms with E-state index in [0.717, 1.165) is 13.0 Å². The molecule has 4 atom stereocenters. The van der Waals surface area contributed by atoms with Crippen molar-refractivity contribution in [2.75, 3.05) is 7.11 Å². The largest absolute Gasteiger partial charge is 0.496 e. The average Bonchev–Trinajstić information content (AvgIpc) is 2.92. The van der Waals surface area contributed by atoms with Gasteiger partial charge in [-0.05, 0) is 31.1 Å². The molecule has 4 unspecified atom stereocenters. The van der Waals surface area contributed by atoms with Gasteiger partial charge in [0.25, 0.3) is 0 Å². The van der Waals surface area contributed by atoms with E-state index >= 15 is 0 Å². The molecule has 1 aromatic carbocycles. The summed E-state index contributed by atoms with van der Waals surface area (Å²) in [5.41, 5.74) is -2.49. The van der Waals surface area contributed by atoms with Crippen molar-refractivity contribution in [3.63, 3.8) is 0 Å². The number of alkyl halides is 3. The molecular weight excluding hydrogens is 448 g/mol. The molecule has 0 radical (unpaired) electrons. The number of ether oxygens (including phenoxy) is 2. The third-order valence-electron chi connectivity index (χ3n) is 7.09. The Labute approximate surface area is 187 Å². The van der Waals surface area contributed by atoms with E-state index in [9.17, 15) is 27.5 Å². The highest BCUT2D eigenvalue weighted by molar-refractivity contribution is 6.74. The van der Waals surface area contributed by atoms with Crippen molar-refractivity contribution in [3.05, 3.63) is 29.1 Å². The first-order valence-electron chi connectivity index (χ1n) is 10.4. The first-order valence-corrected chi connectivity index (χ1v) is 13.3. The van der Waals surface area contributed by atoms with Gasteiger partial charge in [0.15, 0.2) is 20.0 Å². The van der Waals surface area contributed by atoms with Crippen LogP contribution in [0.1, 0.15) is 51.7 Å². The minimum atomic E-state index is -4.80. The van der Waals surface area contributed by atoms with Gasteiger partial charge in [-0.25, -0.2) is 9.18 Å². The molecule has 0 saturated carbocycles. The second-order valence-electron chi connectivity index (χ2n) is 9.99. The Balaban J connectivity index is 2.58. The first kappa shape index (κ1) is 26.6. The number of carboxylic acids is 1. The molecule has 0 amide bonds. The Kier molecular flexibility index (Phi) is 7.15. The zero-order valence-corrected chi connectivity index (χ0v) is 20.7. The van der Waals surface area contributed by atoms with E-state index in [1.165, 1.54) is 20.1 Å². The Morgan fingerprint density at radius 1 is 1.25 bits per heavy atom. The molecule has 5 nitrogen and oxygen atoms in total. The van der Waals surface area contributed by atoms with Crippen LogP contribution < -0.4 is 4.74 Å². The Bertz CT molecular complexity index is 865. The van der Waals surface area contributed by atoms with E-state index in [-0.39, 0.29) is 28.5 Å². The van der Waals surface area contributed by atoms with E-state index in [2.05, 4.69) is 0 Å². The zero-order valence-electron chi connectivity index (χ0n) is 19.7. The molecule has 0 bridgehead atoms. The maximum absolute atomic E-state index is 14.8. The predicted octanol–water partition coefficient (Wildman–Crippen LogP) is 5.88. The summed E-state index contributed by atoms with van der Waals surface area (Å²) in [5, 5.41) is 9.47. The van der Waals surface area contributed by atoms with Crippen molar-refractivity contribution < 1.29 is 41.4 Å². The fourth-order valence-electron chi connectivity index (χ4n) is 3.74.